The molecule has 0 aliphatic rings. The minimum atomic E-state index is -0.538. The number of rotatable bonds is 9. The molecule has 1 aromatic rings. The summed E-state index contributed by atoms with van der Waals surface area (Å²) in [5.74, 6) is -0.965. The molecule has 0 fully saturated rings. The predicted octanol–water partition coefficient (Wildman–Crippen LogP) is 6.49. The molecule has 0 aliphatic heterocycles. The van der Waals surface area contributed by atoms with Gasteiger partial charge in [0.15, 0.2) is 0 Å². The lowest BCUT2D eigenvalue weighted by molar-refractivity contribution is 0.562. The van der Waals surface area contributed by atoms with E-state index >= 15 is 0 Å². The number of halogens is 2. The van der Waals surface area contributed by atoms with Crippen molar-refractivity contribution in [3.63, 3.8) is 0 Å². The standard InChI is InChI=1S/C22H30F2N2/c1-6-21(23)14-22(24)10-8-9-19(11-17(4)25-7-2)13-20-12-18(5)26-15-16(20)3/h6,11-15,25H,7-10H2,1-5H3/b17-11-,19-13-,21-6+,22-14+. The Bertz CT molecular complexity index is 713. The van der Waals surface area contributed by atoms with Gasteiger partial charge in [0.05, 0.1) is 0 Å². The number of aromatic nitrogens is 1. The molecular formula is C22H30F2N2. The number of aryl methyl sites for hydroxylation is 2. The highest BCUT2D eigenvalue weighted by atomic mass is 19.1. The van der Waals surface area contributed by atoms with Crippen molar-refractivity contribution in [3.8, 4) is 0 Å². The van der Waals surface area contributed by atoms with Crippen LogP contribution in [0.1, 0.15) is 56.9 Å². The first kappa shape index (κ1) is 21.8. The van der Waals surface area contributed by atoms with E-state index in [4.69, 9.17) is 0 Å². The van der Waals surface area contributed by atoms with Crippen molar-refractivity contribution in [2.45, 2.75) is 53.9 Å². The van der Waals surface area contributed by atoms with Crippen molar-refractivity contribution in [3.05, 3.63) is 70.2 Å². The molecule has 0 saturated carbocycles. The van der Waals surface area contributed by atoms with E-state index in [0.29, 0.717) is 12.8 Å². The van der Waals surface area contributed by atoms with Gasteiger partial charge in [-0.3, -0.25) is 4.98 Å². The molecule has 2 nitrogen and oxygen atoms in total. The van der Waals surface area contributed by atoms with Gasteiger partial charge in [-0.15, -0.1) is 0 Å². The Morgan fingerprint density at radius 3 is 2.58 bits per heavy atom. The molecule has 0 aliphatic carbocycles. The highest BCUT2D eigenvalue weighted by molar-refractivity contribution is 5.59. The second-order valence-electron chi connectivity index (χ2n) is 6.38. The van der Waals surface area contributed by atoms with Crippen LogP contribution in [0.5, 0.6) is 0 Å². The van der Waals surface area contributed by atoms with E-state index in [1.165, 1.54) is 6.08 Å². The third-order valence-corrected chi connectivity index (χ3v) is 3.93. The molecule has 0 unspecified atom stereocenters. The van der Waals surface area contributed by atoms with Crippen molar-refractivity contribution in [1.29, 1.82) is 0 Å². The molecule has 0 amide bonds. The van der Waals surface area contributed by atoms with Crippen LogP contribution >= 0.6 is 0 Å². The molecule has 1 N–H and O–H groups in total. The third kappa shape index (κ3) is 8.24. The normalized spacial score (nSPS) is 14.0. The first-order valence-electron chi connectivity index (χ1n) is 9.09. The molecule has 4 heteroatoms. The minimum absolute atomic E-state index is 0.223. The van der Waals surface area contributed by atoms with Crippen molar-refractivity contribution in [1.82, 2.24) is 10.3 Å². The number of hydrogen-bond donors (Lipinski definition) is 1. The summed E-state index contributed by atoms with van der Waals surface area (Å²) in [7, 11) is 0. The van der Waals surface area contributed by atoms with Gasteiger partial charge >= 0.3 is 0 Å². The monoisotopic (exact) mass is 360 g/mol. The van der Waals surface area contributed by atoms with Gasteiger partial charge in [0.2, 0.25) is 0 Å². The number of hydrogen-bond acceptors (Lipinski definition) is 2. The van der Waals surface area contributed by atoms with Crippen LogP contribution in [0, 0.1) is 13.8 Å². The summed E-state index contributed by atoms with van der Waals surface area (Å²) in [5, 5.41) is 3.29. The molecule has 0 bridgehead atoms. The molecule has 142 valence electrons. The minimum Gasteiger partial charge on any atom is -0.389 e. The summed E-state index contributed by atoms with van der Waals surface area (Å²) in [5.41, 5.74) is 5.35. The van der Waals surface area contributed by atoms with Crippen LogP contribution in [0.4, 0.5) is 8.78 Å². The topological polar surface area (TPSA) is 24.9 Å². The van der Waals surface area contributed by atoms with Crippen molar-refractivity contribution in [2.24, 2.45) is 0 Å². The van der Waals surface area contributed by atoms with Crippen LogP contribution in [0.3, 0.4) is 0 Å². The molecule has 0 aromatic carbocycles. The van der Waals surface area contributed by atoms with Crippen LogP contribution in [0.2, 0.25) is 0 Å². The summed E-state index contributed by atoms with van der Waals surface area (Å²) in [4.78, 5) is 4.30. The molecule has 26 heavy (non-hydrogen) atoms. The fourth-order valence-corrected chi connectivity index (χ4v) is 2.57. The summed E-state index contributed by atoms with van der Waals surface area (Å²) in [6, 6.07) is 2.05. The molecule has 0 radical (unpaired) electrons. The quantitative estimate of drug-likeness (QED) is 0.509. The fourth-order valence-electron chi connectivity index (χ4n) is 2.57. The summed E-state index contributed by atoms with van der Waals surface area (Å²) >= 11 is 0. The van der Waals surface area contributed by atoms with Crippen molar-refractivity contribution in [2.75, 3.05) is 6.54 Å². The Hall–Kier alpha value is -2.23. The van der Waals surface area contributed by atoms with Gasteiger partial charge in [0, 0.05) is 30.2 Å². The Kier molecular flexibility index (Phi) is 9.56. The van der Waals surface area contributed by atoms with Crippen LogP contribution in [-0.4, -0.2) is 11.5 Å². The van der Waals surface area contributed by atoms with Gasteiger partial charge in [-0.25, -0.2) is 8.78 Å². The molecular weight excluding hydrogens is 330 g/mol. The van der Waals surface area contributed by atoms with E-state index in [2.05, 4.69) is 22.5 Å². The Morgan fingerprint density at radius 2 is 1.92 bits per heavy atom. The summed E-state index contributed by atoms with van der Waals surface area (Å²) < 4.78 is 26.8. The van der Waals surface area contributed by atoms with Gasteiger partial charge in [0.1, 0.15) is 11.7 Å². The van der Waals surface area contributed by atoms with E-state index < -0.39 is 11.7 Å². The Morgan fingerprint density at radius 1 is 1.19 bits per heavy atom. The first-order valence-corrected chi connectivity index (χ1v) is 9.09. The molecule has 1 aromatic heterocycles. The van der Waals surface area contributed by atoms with E-state index in [1.807, 2.05) is 40.0 Å². The van der Waals surface area contributed by atoms with E-state index in [9.17, 15) is 8.78 Å². The first-order chi connectivity index (χ1) is 12.3. The zero-order valence-electron chi connectivity index (χ0n) is 16.5. The van der Waals surface area contributed by atoms with Crippen molar-refractivity contribution < 1.29 is 8.78 Å². The predicted molar refractivity (Wildman–Crippen MR) is 107 cm³/mol. The zero-order chi connectivity index (χ0) is 19.5. The second-order valence-corrected chi connectivity index (χ2v) is 6.38. The number of nitrogens with one attached hydrogen (secondary N) is 1. The SMILES string of the molecule is C/C=C(F)\C=C(\F)CCCC(=C/c1cc(C)ncc1C)/C=C(/C)NCC. The Balaban J connectivity index is 2.96. The second kappa shape index (κ2) is 11.4. The average Bonchev–Trinajstić information content (AvgIpc) is 2.58. The lowest BCUT2D eigenvalue weighted by atomic mass is 10.0. The summed E-state index contributed by atoms with van der Waals surface area (Å²) in [6.07, 6.45) is 9.84. The van der Waals surface area contributed by atoms with E-state index in [-0.39, 0.29) is 6.42 Å². The third-order valence-electron chi connectivity index (χ3n) is 3.93. The molecule has 1 heterocycles. The van der Waals surface area contributed by atoms with Crippen molar-refractivity contribution >= 4 is 6.08 Å². The molecule has 0 atom stereocenters. The maximum atomic E-state index is 13.7. The number of pyridine rings is 1. The van der Waals surface area contributed by atoms with Gasteiger partial charge in [0.25, 0.3) is 0 Å². The van der Waals surface area contributed by atoms with Gasteiger partial charge in [-0.2, -0.15) is 0 Å². The maximum absolute atomic E-state index is 13.7. The Labute approximate surface area is 156 Å². The van der Waals surface area contributed by atoms with Gasteiger partial charge in [-0.1, -0.05) is 12.2 Å². The smallest absolute Gasteiger partial charge is 0.121 e. The van der Waals surface area contributed by atoms with Crippen LogP contribution < -0.4 is 5.32 Å². The number of nitrogens with zero attached hydrogens (tertiary/aromatic N) is 1. The highest BCUT2D eigenvalue weighted by Crippen LogP contribution is 2.21. The molecule has 0 spiro atoms. The molecule has 0 saturated heterocycles. The van der Waals surface area contributed by atoms with E-state index in [0.717, 1.165) is 40.7 Å². The van der Waals surface area contributed by atoms with Crippen LogP contribution in [-0.2, 0) is 0 Å². The fraction of sp³-hybridized carbons (Fsp3) is 0.409. The maximum Gasteiger partial charge on any atom is 0.121 e. The molecule has 1 rings (SSSR count). The van der Waals surface area contributed by atoms with Gasteiger partial charge in [-0.05, 0) is 82.7 Å². The van der Waals surface area contributed by atoms with Crippen LogP contribution in [0.15, 0.2) is 53.4 Å². The lowest BCUT2D eigenvalue weighted by Gasteiger charge is -2.09. The summed E-state index contributed by atoms with van der Waals surface area (Å²) in [6.45, 7) is 10.5. The average molecular weight is 360 g/mol. The van der Waals surface area contributed by atoms with Crippen LogP contribution in [0.25, 0.3) is 6.08 Å². The largest absolute Gasteiger partial charge is 0.389 e. The van der Waals surface area contributed by atoms with E-state index in [1.54, 1.807) is 6.92 Å². The number of allylic oxidation sites excluding steroid dienone is 7. The zero-order valence-corrected chi connectivity index (χ0v) is 16.5. The highest BCUT2D eigenvalue weighted by Gasteiger charge is 2.03. The van der Waals surface area contributed by atoms with Gasteiger partial charge < -0.3 is 5.32 Å². The lowest BCUT2D eigenvalue weighted by Crippen LogP contribution is -2.09.